The molecule has 1 aliphatic rings. The Morgan fingerprint density at radius 1 is 1.00 bits per heavy atom. The molecule has 129 valence electrons. The van der Waals surface area contributed by atoms with Crippen molar-refractivity contribution in [1.82, 2.24) is 0 Å². The van der Waals surface area contributed by atoms with Crippen LogP contribution >= 0.6 is 0 Å². The molecule has 0 unspecified atom stereocenters. The van der Waals surface area contributed by atoms with Crippen molar-refractivity contribution in [3.63, 3.8) is 0 Å². The standard InChI is InChI=1S/C23H32N/c1-2-3-4-5-6-8-20-11-13-21(14-12-20)9-7-10-22-15-17-23(19-24)18-16-22/h7,9-10,15-18,20-21H,2-6,8,11-14H2,1H3/b9-7+/t20-,21-. The quantitative estimate of drug-likeness (QED) is 0.457. The summed E-state index contributed by atoms with van der Waals surface area (Å²) in [6, 6.07) is 9.94. The van der Waals surface area contributed by atoms with Crippen LogP contribution in [0, 0.1) is 29.6 Å². The van der Waals surface area contributed by atoms with E-state index in [0.717, 1.165) is 17.4 Å². The zero-order valence-corrected chi connectivity index (χ0v) is 15.2. The molecule has 1 aliphatic carbocycles. The summed E-state index contributed by atoms with van der Waals surface area (Å²) in [5.41, 5.74) is 1.90. The Morgan fingerprint density at radius 2 is 1.71 bits per heavy atom. The van der Waals surface area contributed by atoms with Crippen LogP contribution in [0.15, 0.2) is 36.4 Å². The molecule has 0 bridgehead atoms. The third-order valence-corrected chi connectivity index (χ3v) is 5.32. The van der Waals surface area contributed by atoms with E-state index < -0.39 is 0 Å². The van der Waals surface area contributed by atoms with E-state index in [1.807, 2.05) is 24.3 Å². The number of unbranched alkanes of at least 4 members (excludes halogenated alkanes) is 4. The van der Waals surface area contributed by atoms with Crippen molar-refractivity contribution in [3.05, 3.63) is 54.0 Å². The SMILES string of the molecule is CCCCCCC[C@H]1CC[C@H](/C=C/[CH]c2ccc(C#N)cc2)CC1. The summed E-state index contributed by atoms with van der Waals surface area (Å²) in [5, 5.41) is 8.81. The third kappa shape index (κ3) is 6.91. The predicted octanol–water partition coefficient (Wildman–Crippen LogP) is 6.83. The van der Waals surface area contributed by atoms with Gasteiger partial charge in [0.15, 0.2) is 0 Å². The lowest BCUT2D eigenvalue weighted by Crippen LogP contribution is -2.13. The summed E-state index contributed by atoms with van der Waals surface area (Å²) in [7, 11) is 0. The van der Waals surface area contributed by atoms with Gasteiger partial charge in [-0.2, -0.15) is 5.26 Å². The fourth-order valence-electron chi connectivity index (χ4n) is 3.70. The van der Waals surface area contributed by atoms with E-state index in [1.54, 1.807) is 0 Å². The molecule has 0 aliphatic heterocycles. The molecule has 1 fully saturated rings. The topological polar surface area (TPSA) is 23.8 Å². The van der Waals surface area contributed by atoms with E-state index in [-0.39, 0.29) is 0 Å². The predicted molar refractivity (Wildman–Crippen MR) is 103 cm³/mol. The van der Waals surface area contributed by atoms with E-state index in [9.17, 15) is 0 Å². The Kier molecular flexibility index (Phi) is 8.67. The van der Waals surface area contributed by atoms with Crippen molar-refractivity contribution in [3.8, 4) is 6.07 Å². The van der Waals surface area contributed by atoms with Crippen LogP contribution in [0.1, 0.15) is 82.3 Å². The van der Waals surface area contributed by atoms with Gasteiger partial charge in [-0.25, -0.2) is 0 Å². The lowest BCUT2D eigenvalue weighted by Gasteiger charge is -2.26. The Bertz CT molecular complexity index is 512. The maximum absolute atomic E-state index is 8.81. The molecule has 1 heteroatoms. The number of nitriles is 1. The maximum atomic E-state index is 8.81. The van der Waals surface area contributed by atoms with Crippen LogP contribution < -0.4 is 0 Å². The van der Waals surface area contributed by atoms with Gasteiger partial charge in [-0.1, -0.05) is 69.7 Å². The molecule has 2 rings (SSSR count). The van der Waals surface area contributed by atoms with Crippen molar-refractivity contribution in [1.29, 1.82) is 5.26 Å². The number of nitrogens with zero attached hydrogens (tertiary/aromatic N) is 1. The molecule has 0 amide bonds. The highest BCUT2D eigenvalue weighted by Gasteiger charge is 2.18. The van der Waals surface area contributed by atoms with Gasteiger partial charge < -0.3 is 0 Å². The average Bonchev–Trinajstić information content (AvgIpc) is 2.63. The smallest absolute Gasteiger partial charge is 0.0991 e. The van der Waals surface area contributed by atoms with Gasteiger partial charge in [0.1, 0.15) is 0 Å². The largest absolute Gasteiger partial charge is 0.192 e. The first-order valence-corrected chi connectivity index (χ1v) is 9.83. The zero-order valence-electron chi connectivity index (χ0n) is 15.2. The molecule has 24 heavy (non-hydrogen) atoms. The molecule has 0 spiro atoms. The molecule has 0 aromatic heterocycles. The molecule has 1 radical (unpaired) electrons. The van der Waals surface area contributed by atoms with Crippen LogP contribution in [0.25, 0.3) is 0 Å². The lowest BCUT2D eigenvalue weighted by molar-refractivity contribution is 0.288. The average molecular weight is 323 g/mol. The maximum Gasteiger partial charge on any atom is 0.0991 e. The third-order valence-electron chi connectivity index (χ3n) is 5.32. The second-order valence-corrected chi connectivity index (χ2v) is 7.27. The van der Waals surface area contributed by atoms with Crippen LogP contribution in [0.4, 0.5) is 0 Å². The molecule has 1 aromatic rings. The first kappa shape index (κ1) is 18.8. The fraction of sp³-hybridized carbons (Fsp3) is 0.565. The van der Waals surface area contributed by atoms with Crippen LogP contribution in [0.2, 0.25) is 0 Å². The normalized spacial score (nSPS) is 21.0. The fourth-order valence-corrected chi connectivity index (χ4v) is 3.70. The van der Waals surface area contributed by atoms with Gasteiger partial charge in [-0.15, -0.1) is 0 Å². The minimum absolute atomic E-state index is 0.726. The van der Waals surface area contributed by atoms with Crippen molar-refractivity contribution in [2.75, 3.05) is 0 Å². The highest BCUT2D eigenvalue weighted by molar-refractivity contribution is 5.36. The number of hydrogen-bond acceptors (Lipinski definition) is 1. The second-order valence-electron chi connectivity index (χ2n) is 7.27. The summed E-state index contributed by atoms with van der Waals surface area (Å²) in [6.07, 6.45) is 20.8. The van der Waals surface area contributed by atoms with Crippen LogP contribution in [-0.2, 0) is 0 Å². The first-order valence-electron chi connectivity index (χ1n) is 9.83. The molecular weight excluding hydrogens is 290 g/mol. The van der Waals surface area contributed by atoms with Crippen molar-refractivity contribution in [2.24, 2.45) is 11.8 Å². The molecule has 1 aromatic carbocycles. The number of benzene rings is 1. The zero-order chi connectivity index (χ0) is 17.0. The Labute approximate surface area is 148 Å². The van der Waals surface area contributed by atoms with Crippen LogP contribution in [0.5, 0.6) is 0 Å². The summed E-state index contributed by atoms with van der Waals surface area (Å²) < 4.78 is 0. The van der Waals surface area contributed by atoms with E-state index in [2.05, 4.69) is 31.6 Å². The highest BCUT2D eigenvalue weighted by Crippen LogP contribution is 2.32. The number of allylic oxidation sites excluding steroid dienone is 2. The molecule has 0 N–H and O–H groups in total. The summed E-state index contributed by atoms with van der Waals surface area (Å²) in [5.74, 6) is 1.75. The molecule has 0 heterocycles. The van der Waals surface area contributed by atoms with Crippen molar-refractivity contribution in [2.45, 2.75) is 71.1 Å². The Morgan fingerprint density at radius 3 is 2.38 bits per heavy atom. The number of rotatable bonds is 9. The number of hydrogen-bond donors (Lipinski definition) is 0. The van der Waals surface area contributed by atoms with Gasteiger partial charge in [0.05, 0.1) is 11.6 Å². The Balaban J connectivity index is 1.61. The van der Waals surface area contributed by atoms with E-state index >= 15 is 0 Å². The summed E-state index contributed by atoms with van der Waals surface area (Å²) >= 11 is 0. The van der Waals surface area contributed by atoms with Gasteiger partial charge in [-0.05, 0) is 55.2 Å². The minimum Gasteiger partial charge on any atom is -0.192 e. The van der Waals surface area contributed by atoms with E-state index in [0.29, 0.717) is 0 Å². The van der Waals surface area contributed by atoms with E-state index in [1.165, 1.54) is 69.8 Å². The minimum atomic E-state index is 0.726. The summed E-state index contributed by atoms with van der Waals surface area (Å²) in [4.78, 5) is 0. The Hall–Kier alpha value is -1.55. The van der Waals surface area contributed by atoms with Crippen molar-refractivity contribution >= 4 is 0 Å². The van der Waals surface area contributed by atoms with Gasteiger partial charge in [0.2, 0.25) is 0 Å². The van der Waals surface area contributed by atoms with Gasteiger partial charge in [0.25, 0.3) is 0 Å². The molecule has 1 nitrogen and oxygen atoms in total. The molecule has 0 atom stereocenters. The second kappa shape index (κ2) is 11.1. The molecule has 1 saturated carbocycles. The summed E-state index contributed by atoms with van der Waals surface area (Å²) in [6.45, 7) is 2.29. The van der Waals surface area contributed by atoms with Crippen LogP contribution in [0.3, 0.4) is 0 Å². The van der Waals surface area contributed by atoms with Gasteiger partial charge >= 0.3 is 0 Å². The lowest BCUT2D eigenvalue weighted by atomic mass is 9.79. The van der Waals surface area contributed by atoms with E-state index in [4.69, 9.17) is 5.26 Å². The molecular formula is C23H32N. The van der Waals surface area contributed by atoms with Crippen molar-refractivity contribution < 1.29 is 0 Å². The van der Waals surface area contributed by atoms with Gasteiger partial charge in [-0.3, -0.25) is 0 Å². The van der Waals surface area contributed by atoms with Crippen LogP contribution in [-0.4, -0.2) is 0 Å². The highest BCUT2D eigenvalue weighted by atomic mass is 14.2. The van der Waals surface area contributed by atoms with Gasteiger partial charge in [0, 0.05) is 6.42 Å². The first-order chi connectivity index (χ1) is 11.8. The molecule has 0 saturated heterocycles. The monoisotopic (exact) mass is 322 g/mol.